The molecule has 1 atom stereocenters. The van der Waals surface area contributed by atoms with E-state index in [4.69, 9.17) is 5.11 Å². The molecule has 1 N–H and O–H groups in total. The van der Waals surface area contributed by atoms with E-state index in [0.717, 1.165) is 16.8 Å². The van der Waals surface area contributed by atoms with Crippen molar-refractivity contribution in [3.63, 3.8) is 0 Å². The van der Waals surface area contributed by atoms with Crippen molar-refractivity contribution in [2.24, 2.45) is 5.92 Å². The second-order valence-electron chi connectivity index (χ2n) is 4.53. The molecule has 0 radical (unpaired) electrons. The maximum Gasteiger partial charge on any atom is 0.308 e. The number of carboxylic acids is 1. The standard InChI is InChI=1S/C13H15NO3/c1-8-3-4-11(9(2)5-8)14-7-10(13(16)17)6-12(14)15/h3-5,10H,6-7H2,1-2H3,(H,16,17)/t10-/m0/s1. The first kappa shape index (κ1) is 11.6. The maximum atomic E-state index is 11.8. The molecule has 0 unspecified atom stereocenters. The lowest BCUT2D eigenvalue weighted by Gasteiger charge is -2.19. The number of nitrogens with zero attached hydrogens (tertiary/aromatic N) is 1. The van der Waals surface area contributed by atoms with Crippen LogP contribution in [0.25, 0.3) is 0 Å². The van der Waals surface area contributed by atoms with E-state index in [9.17, 15) is 9.59 Å². The summed E-state index contributed by atoms with van der Waals surface area (Å²) in [5, 5.41) is 8.93. The highest BCUT2D eigenvalue weighted by Crippen LogP contribution is 2.28. The predicted octanol–water partition coefficient (Wildman–Crippen LogP) is 1.74. The van der Waals surface area contributed by atoms with E-state index in [1.165, 1.54) is 0 Å². The third-order valence-corrected chi connectivity index (χ3v) is 3.12. The fourth-order valence-corrected chi connectivity index (χ4v) is 2.21. The Balaban J connectivity index is 2.29. The molecule has 0 saturated carbocycles. The van der Waals surface area contributed by atoms with Crippen molar-refractivity contribution in [1.82, 2.24) is 0 Å². The van der Waals surface area contributed by atoms with E-state index in [1.54, 1.807) is 4.90 Å². The molecule has 1 aromatic carbocycles. The van der Waals surface area contributed by atoms with Crippen LogP contribution in [-0.4, -0.2) is 23.5 Å². The molecule has 0 bridgehead atoms. The Morgan fingerprint density at radius 1 is 1.41 bits per heavy atom. The Morgan fingerprint density at radius 2 is 2.12 bits per heavy atom. The number of aryl methyl sites for hydroxylation is 2. The van der Waals surface area contributed by atoms with Gasteiger partial charge in [-0.15, -0.1) is 0 Å². The van der Waals surface area contributed by atoms with Crippen molar-refractivity contribution in [1.29, 1.82) is 0 Å². The molecule has 1 aliphatic rings. The average molecular weight is 233 g/mol. The predicted molar refractivity (Wildman–Crippen MR) is 64.0 cm³/mol. The van der Waals surface area contributed by atoms with Crippen LogP contribution in [0.3, 0.4) is 0 Å². The number of carbonyl (C=O) groups excluding carboxylic acids is 1. The van der Waals surface area contributed by atoms with Gasteiger partial charge in [0.2, 0.25) is 5.91 Å². The quantitative estimate of drug-likeness (QED) is 0.846. The van der Waals surface area contributed by atoms with Crippen LogP contribution < -0.4 is 4.90 Å². The highest BCUT2D eigenvalue weighted by atomic mass is 16.4. The molecular formula is C13H15NO3. The monoisotopic (exact) mass is 233 g/mol. The number of rotatable bonds is 2. The van der Waals surface area contributed by atoms with Crippen molar-refractivity contribution < 1.29 is 14.7 Å². The van der Waals surface area contributed by atoms with Crippen LogP contribution in [0.1, 0.15) is 17.5 Å². The average Bonchev–Trinajstić information content (AvgIpc) is 2.61. The van der Waals surface area contributed by atoms with Crippen LogP contribution in [0.4, 0.5) is 5.69 Å². The molecule has 0 aromatic heterocycles. The summed E-state index contributed by atoms with van der Waals surface area (Å²) in [4.78, 5) is 24.3. The van der Waals surface area contributed by atoms with Gasteiger partial charge in [-0.05, 0) is 25.5 Å². The van der Waals surface area contributed by atoms with Gasteiger partial charge in [-0.2, -0.15) is 0 Å². The van der Waals surface area contributed by atoms with Crippen molar-refractivity contribution >= 4 is 17.6 Å². The molecule has 1 fully saturated rings. The van der Waals surface area contributed by atoms with Gasteiger partial charge in [-0.1, -0.05) is 17.7 Å². The Bertz CT molecular complexity index is 482. The number of hydrogen-bond donors (Lipinski definition) is 1. The van der Waals surface area contributed by atoms with Gasteiger partial charge in [0.1, 0.15) is 0 Å². The third kappa shape index (κ3) is 2.16. The van der Waals surface area contributed by atoms with E-state index in [-0.39, 0.29) is 18.9 Å². The third-order valence-electron chi connectivity index (χ3n) is 3.12. The molecule has 1 saturated heterocycles. The summed E-state index contributed by atoms with van der Waals surface area (Å²) in [6.07, 6.45) is 0.0999. The molecule has 0 spiro atoms. The lowest BCUT2D eigenvalue weighted by molar-refractivity contribution is -0.141. The summed E-state index contributed by atoms with van der Waals surface area (Å²) in [7, 11) is 0. The van der Waals surface area contributed by atoms with Crippen molar-refractivity contribution in [3.8, 4) is 0 Å². The fourth-order valence-electron chi connectivity index (χ4n) is 2.21. The zero-order valence-electron chi connectivity index (χ0n) is 9.93. The number of carbonyl (C=O) groups is 2. The molecule has 1 heterocycles. The summed E-state index contributed by atoms with van der Waals surface area (Å²) >= 11 is 0. The van der Waals surface area contributed by atoms with Gasteiger partial charge < -0.3 is 10.0 Å². The summed E-state index contributed by atoms with van der Waals surface area (Å²) in [6, 6.07) is 5.81. The van der Waals surface area contributed by atoms with E-state index >= 15 is 0 Å². The van der Waals surface area contributed by atoms with Crippen LogP contribution in [0.2, 0.25) is 0 Å². The van der Waals surface area contributed by atoms with E-state index in [0.29, 0.717) is 0 Å². The maximum absolute atomic E-state index is 11.8. The van der Waals surface area contributed by atoms with Crippen LogP contribution in [0.5, 0.6) is 0 Å². The summed E-state index contributed by atoms with van der Waals surface area (Å²) in [5.74, 6) is -1.59. The molecule has 1 aromatic rings. The lowest BCUT2D eigenvalue weighted by atomic mass is 10.1. The van der Waals surface area contributed by atoms with Crippen molar-refractivity contribution in [2.75, 3.05) is 11.4 Å². The Hall–Kier alpha value is -1.84. The van der Waals surface area contributed by atoms with Crippen LogP contribution in [-0.2, 0) is 9.59 Å². The van der Waals surface area contributed by atoms with Gasteiger partial charge in [-0.3, -0.25) is 9.59 Å². The van der Waals surface area contributed by atoms with E-state index in [2.05, 4.69) is 0 Å². The Labute approximate surface area is 99.9 Å². The molecule has 90 valence electrons. The zero-order chi connectivity index (χ0) is 12.6. The molecular weight excluding hydrogens is 218 g/mol. The van der Waals surface area contributed by atoms with Crippen molar-refractivity contribution in [2.45, 2.75) is 20.3 Å². The topological polar surface area (TPSA) is 57.6 Å². The number of anilines is 1. The molecule has 4 nitrogen and oxygen atoms in total. The first-order valence-electron chi connectivity index (χ1n) is 5.59. The Morgan fingerprint density at radius 3 is 2.65 bits per heavy atom. The summed E-state index contributed by atoms with van der Waals surface area (Å²) < 4.78 is 0. The largest absolute Gasteiger partial charge is 0.481 e. The van der Waals surface area contributed by atoms with Gasteiger partial charge in [0.05, 0.1) is 5.92 Å². The number of aliphatic carboxylic acids is 1. The normalized spacial score (nSPS) is 19.8. The highest BCUT2D eigenvalue weighted by molar-refractivity contribution is 5.99. The fraction of sp³-hybridized carbons (Fsp3) is 0.385. The molecule has 0 aliphatic carbocycles. The number of amides is 1. The second-order valence-corrected chi connectivity index (χ2v) is 4.53. The SMILES string of the molecule is Cc1ccc(N2C[C@@H](C(=O)O)CC2=O)c(C)c1. The van der Waals surface area contributed by atoms with Gasteiger partial charge in [0.25, 0.3) is 0 Å². The van der Waals surface area contributed by atoms with Gasteiger partial charge in [0, 0.05) is 18.7 Å². The number of carboxylic acid groups (broad SMARTS) is 1. The first-order chi connectivity index (χ1) is 7.99. The molecule has 4 heteroatoms. The number of hydrogen-bond acceptors (Lipinski definition) is 2. The lowest BCUT2D eigenvalue weighted by Crippen LogP contribution is -2.26. The molecule has 1 aliphatic heterocycles. The smallest absolute Gasteiger partial charge is 0.308 e. The Kier molecular flexibility index (Phi) is 2.88. The zero-order valence-corrected chi connectivity index (χ0v) is 9.93. The minimum absolute atomic E-state index is 0.0999. The minimum atomic E-state index is -0.898. The summed E-state index contributed by atoms with van der Waals surface area (Å²) in [5.41, 5.74) is 2.96. The van der Waals surface area contributed by atoms with E-state index < -0.39 is 11.9 Å². The van der Waals surface area contributed by atoms with E-state index in [1.807, 2.05) is 32.0 Å². The van der Waals surface area contributed by atoms with Gasteiger partial charge in [0.15, 0.2) is 0 Å². The van der Waals surface area contributed by atoms with Gasteiger partial charge in [-0.25, -0.2) is 0 Å². The van der Waals surface area contributed by atoms with Crippen LogP contribution in [0.15, 0.2) is 18.2 Å². The van der Waals surface area contributed by atoms with Crippen LogP contribution >= 0.6 is 0 Å². The first-order valence-corrected chi connectivity index (χ1v) is 5.59. The van der Waals surface area contributed by atoms with Gasteiger partial charge >= 0.3 is 5.97 Å². The highest BCUT2D eigenvalue weighted by Gasteiger charge is 2.35. The minimum Gasteiger partial charge on any atom is -0.481 e. The van der Waals surface area contributed by atoms with Crippen molar-refractivity contribution in [3.05, 3.63) is 29.3 Å². The molecule has 17 heavy (non-hydrogen) atoms. The number of benzene rings is 1. The molecule has 2 rings (SSSR count). The van der Waals surface area contributed by atoms with Crippen LogP contribution in [0, 0.1) is 19.8 Å². The summed E-state index contributed by atoms with van der Waals surface area (Å²) in [6.45, 7) is 4.20. The molecule has 1 amide bonds. The second kappa shape index (κ2) is 4.20.